The lowest BCUT2D eigenvalue weighted by Crippen LogP contribution is -2.32. The van der Waals surface area contributed by atoms with Gasteiger partial charge < -0.3 is 18.4 Å². The average Bonchev–Trinajstić information content (AvgIpc) is 1.50. The average molecular weight is 996 g/mol. The van der Waals surface area contributed by atoms with Crippen LogP contribution in [0.1, 0.15) is 69.6 Å². The van der Waals surface area contributed by atoms with Crippen LogP contribution in [0.2, 0.25) is 0 Å². The second kappa shape index (κ2) is 19.0. The Hall–Kier alpha value is -9.00. The Kier molecular flexibility index (Phi) is 9.23. The van der Waals surface area contributed by atoms with E-state index in [-0.39, 0.29) is 23.0 Å². The Morgan fingerprint density at radius 2 is 1.21 bits per heavy atom. The molecule has 0 fully saturated rings. The summed E-state index contributed by atoms with van der Waals surface area (Å²) in [5, 5.41) is 4.16. The summed E-state index contributed by atoms with van der Waals surface area (Å²) in [7, 11) is 0. The molecule has 0 bridgehead atoms. The summed E-state index contributed by atoms with van der Waals surface area (Å²) < 4.78 is 105. The number of hydrogen-bond donors (Lipinski definition) is 0. The molecule has 4 aromatic heterocycles. The standard InChI is InChI=1S/C70H59N5O/c1-47-39-48(2)69-62(40-47)59-35-34-55(45-67(59)75(69)68-41-51(36-37-71-68)70(3,4)5)76-54-26-20-25-52(42-54)73-46-72(65-32-16-17-33-66(65)73)38-19-18-27-56-60(49-21-8-6-9-22-49)43-53(44-61(56)50-23-10-7-11-24-50)74-63-30-14-12-28-57(63)58-29-13-15-31-64(58)74/h6-17,20-26,28-37,39-45H,18-19,27,38H2,1-5H3/i6D,7D,8D,9D,10D,11D,21D,22D,23D,24D. The second-order valence-corrected chi connectivity index (χ2v) is 20.7. The van der Waals surface area contributed by atoms with E-state index in [4.69, 9.17) is 17.9 Å². The third-order valence-electron chi connectivity index (χ3n) is 14.6. The lowest BCUT2D eigenvalue weighted by atomic mass is 9.88. The number of nitrogens with zero attached hydrogens (tertiary/aromatic N) is 5. The molecule has 13 rings (SSSR count). The van der Waals surface area contributed by atoms with Crippen molar-refractivity contribution in [3.63, 3.8) is 0 Å². The van der Waals surface area contributed by atoms with Gasteiger partial charge in [-0.3, -0.25) is 4.57 Å². The van der Waals surface area contributed by atoms with Crippen LogP contribution in [0.25, 0.3) is 94.1 Å². The molecule has 4 heterocycles. The molecule has 76 heavy (non-hydrogen) atoms. The van der Waals surface area contributed by atoms with Crippen molar-refractivity contribution in [2.24, 2.45) is 0 Å². The number of para-hydroxylation sites is 4. The zero-order chi connectivity index (χ0) is 60.2. The van der Waals surface area contributed by atoms with E-state index in [1.165, 1.54) is 11.1 Å². The van der Waals surface area contributed by atoms with E-state index in [9.17, 15) is 5.48 Å². The van der Waals surface area contributed by atoms with Crippen LogP contribution >= 0.6 is 0 Å². The van der Waals surface area contributed by atoms with Crippen molar-refractivity contribution >= 4 is 54.6 Å². The topological polar surface area (TPSA) is 40.8 Å². The zero-order valence-electron chi connectivity index (χ0n) is 53.0. The van der Waals surface area contributed by atoms with Gasteiger partial charge in [-0.15, -0.1) is 0 Å². The number of rotatable bonds is 12. The molecule has 370 valence electrons. The van der Waals surface area contributed by atoms with Crippen LogP contribution in [-0.2, 0) is 18.4 Å². The van der Waals surface area contributed by atoms with Gasteiger partial charge in [0.1, 0.15) is 17.3 Å². The fourth-order valence-corrected chi connectivity index (χ4v) is 11.2. The van der Waals surface area contributed by atoms with Gasteiger partial charge in [-0.2, -0.15) is 0 Å². The number of unbranched alkanes of at least 4 members (excludes halogenated alkanes) is 1. The van der Waals surface area contributed by atoms with Gasteiger partial charge in [0, 0.05) is 39.5 Å². The molecule has 6 nitrogen and oxygen atoms in total. The molecule has 0 spiro atoms. The van der Waals surface area contributed by atoms with Crippen molar-refractivity contribution < 1.29 is 23.0 Å². The number of hydrogen-bond acceptors (Lipinski definition) is 2. The molecular weight excluding hydrogens is 927 g/mol. The summed E-state index contributed by atoms with van der Waals surface area (Å²) in [6.45, 7) is 11.4. The van der Waals surface area contributed by atoms with Crippen LogP contribution in [0, 0.1) is 20.2 Å². The molecule has 0 aliphatic carbocycles. The summed E-state index contributed by atoms with van der Waals surface area (Å²) in [6, 6.07) is 45.5. The molecule has 0 saturated heterocycles. The Morgan fingerprint density at radius 1 is 0.566 bits per heavy atom. The number of fused-ring (bicyclic) bond motifs is 7. The van der Waals surface area contributed by atoms with Crippen LogP contribution in [0.15, 0.2) is 218 Å². The van der Waals surface area contributed by atoms with Crippen molar-refractivity contribution in [3.05, 3.63) is 247 Å². The maximum atomic E-state index is 9.34. The fraction of sp³-hybridized carbons (Fsp3) is 0.143. The van der Waals surface area contributed by atoms with Crippen molar-refractivity contribution in [2.45, 2.75) is 65.8 Å². The predicted molar refractivity (Wildman–Crippen MR) is 314 cm³/mol. The van der Waals surface area contributed by atoms with Gasteiger partial charge in [-0.1, -0.05) is 166 Å². The molecule has 13 aromatic rings. The van der Waals surface area contributed by atoms with Crippen LogP contribution in [-0.4, -0.2) is 18.7 Å². The molecular formula is C70H59N5O. The molecule has 0 radical (unpaired) electrons. The molecule has 0 unspecified atom stereocenters. The normalized spacial score (nSPS) is 13.8. The molecule has 0 N–H and O–H groups in total. The number of ether oxygens (including phenoxy) is 1. The minimum absolute atomic E-state index is 0.0488. The minimum Gasteiger partial charge on any atom is -0.458 e. The van der Waals surface area contributed by atoms with Crippen LogP contribution in [0.3, 0.4) is 0 Å². The Morgan fingerprint density at radius 3 is 1.91 bits per heavy atom. The third kappa shape index (κ3) is 8.40. The van der Waals surface area contributed by atoms with E-state index in [0.29, 0.717) is 53.3 Å². The van der Waals surface area contributed by atoms with Crippen LogP contribution < -0.4 is 9.30 Å². The Labute approximate surface area is 458 Å². The number of imidazole rings is 1. The van der Waals surface area contributed by atoms with Crippen LogP contribution in [0.4, 0.5) is 0 Å². The van der Waals surface area contributed by atoms with Gasteiger partial charge in [-0.25, -0.2) is 4.98 Å². The maximum absolute atomic E-state index is 9.34. The highest BCUT2D eigenvalue weighted by atomic mass is 16.5. The van der Waals surface area contributed by atoms with E-state index in [1.807, 2.05) is 131 Å². The van der Waals surface area contributed by atoms with Crippen molar-refractivity contribution in [1.29, 1.82) is 0 Å². The summed E-state index contributed by atoms with van der Waals surface area (Å²) in [5.41, 5.74) is 11.4. The van der Waals surface area contributed by atoms with Gasteiger partial charge in [0.2, 0.25) is 6.33 Å². The molecule has 9 aromatic carbocycles. The van der Waals surface area contributed by atoms with Gasteiger partial charge >= 0.3 is 0 Å². The van der Waals surface area contributed by atoms with E-state index in [2.05, 4.69) is 86.5 Å². The Balaban J connectivity index is 0.873. The lowest BCUT2D eigenvalue weighted by molar-refractivity contribution is -0.676. The smallest absolute Gasteiger partial charge is 0.244 e. The van der Waals surface area contributed by atoms with Gasteiger partial charge in [-0.05, 0) is 144 Å². The maximum Gasteiger partial charge on any atom is 0.244 e. The van der Waals surface area contributed by atoms with Gasteiger partial charge in [0.25, 0.3) is 0 Å². The molecule has 6 heteroatoms. The predicted octanol–water partition coefficient (Wildman–Crippen LogP) is 17.4. The SMILES string of the molecule is [2H]c1c([2H])c([2H])c(-c2cc(-n3c4ccccc4c4ccccc43)cc(-c3c([2H])c([2H])c([2H])c([2H])c3[2H])c2CCCC[n+]2[c-]n(-c3cccc(Oc4ccc5c6cc(C)cc(C)c6n(-c6cc(C(C)(C)C)ccn6)c5c4)c3)c3ccccc32)c([2H])c1[2H]. The summed E-state index contributed by atoms with van der Waals surface area (Å²) in [6.07, 6.45) is 6.81. The van der Waals surface area contributed by atoms with Crippen molar-refractivity contribution in [3.8, 4) is 50.9 Å². The second-order valence-electron chi connectivity index (χ2n) is 20.7. The van der Waals surface area contributed by atoms with E-state index in [0.717, 1.165) is 71.7 Å². The molecule has 0 atom stereocenters. The first kappa shape index (κ1) is 36.8. The Bertz CT molecular complexity index is 4750. The first-order valence-electron chi connectivity index (χ1n) is 30.8. The van der Waals surface area contributed by atoms with Crippen molar-refractivity contribution in [1.82, 2.24) is 18.7 Å². The largest absolute Gasteiger partial charge is 0.458 e. The monoisotopic (exact) mass is 996 g/mol. The third-order valence-corrected chi connectivity index (χ3v) is 14.6. The highest BCUT2D eigenvalue weighted by molar-refractivity contribution is 6.11. The first-order chi connectivity index (χ1) is 41.3. The lowest BCUT2D eigenvalue weighted by Gasteiger charge is -2.20. The first-order valence-corrected chi connectivity index (χ1v) is 25.8. The molecule has 0 aliphatic heterocycles. The number of benzene rings is 9. The highest BCUT2D eigenvalue weighted by Gasteiger charge is 2.22. The summed E-state index contributed by atoms with van der Waals surface area (Å²) in [4.78, 5) is 4.92. The van der Waals surface area contributed by atoms with Crippen molar-refractivity contribution in [2.75, 3.05) is 0 Å². The van der Waals surface area contributed by atoms with Gasteiger partial charge in [0.05, 0.1) is 59.0 Å². The summed E-state index contributed by atoms with van der Waals surface area (Å²) >= 11 is 0. The van der Waals surface area contributed by atoms with Gasteiger partial charge in [0.15, 0.2) is 0 Å². The zero-order valence-corrected chi connectivity index (χ0v) is 43.0. The van der Waals surface area contributed by atoms with Crippen LogP contribution in [0.5, 0.6) is 11.5 Å². The quantitative estimate of drug-likeness (QED) is 0.0695. The summed E-state index contributed by atoms with van der Waals surface area (Å²) in [5.74, 6) is 2.14. The number of aryl methyl sites for hydroxylation is 3. The van der Waals surface area contributed by atoms with E-state index in [1.54, 1.807) is 0 Å². The number of pyridine rings is 1. The number of aromatic nitrogens is 5. The molecule has 0 amide bonds. The molecule has 0 aliphatic rings. The minimum atomic E-state index is -0.541. The van der Waals surface area contributed by atoms with E-state index >= 15 is 0 Å². The fourth-order valence-electron chi connectivity index (χ4n) is 11.2. The highest BCUT2D eigenvalue weighted by Crippen LogP contribution is 2.41. The molecule has 0 saturated carbocycles. The van der Waals surface area contributed by atoms with E-state index < -0.39 is 60.4 Å².